The van der Waals surface area contributed by atoms with Gasteiger partial charge in [0.15, 0.2) is 0 Å². The third-order valence-corrected chi connectivity index (χ3v) is 5.96. The van der Waals surface area contributed by atoms with Crippen molar-refractivity contribution in [3.05, 3.63) is 54.4 Å². The number of methoxy groups -OCH3 is 1. The lowest BCUT2D eigenvalue weighted by Gasteiger charge is -2.21. The average molecular weight is 421 g/mol. The normalized spacial score (nSPS) is 16.2. The fourth-order valence-corrected chi connectivity index (χ4v) is 4.35. The van der Waals surface area contributed by atoms with E-state index in [2.05, 4.69) is 0 Å². The maximum Gasteiger partial charge on any atom is 0.242 e. The van der Waals surface area contributed by atoms with Gasteiger partial charge in [0.2, 0.25) is 11.8 Å². The highest BCUT2D eigenvalue weighted by molar-refractivity contribution is 5.98. The molecule has 2 amide bonds. The number of fused-ring (bicyclic) bond motifs is 1. The Morgan fingerprint density at radius 3 is 2.58 bits per heavy atom. The third-order valence-electron chi connectivity index (χ3n) is 5.96. The standard InChI is InChI=1S/C24H28N4O3/c1-4-26(5-2)23(30)16-28-19-11-7-6-10-18(19)25-24(28)17-14-22(29)27(15-17)20-12-8-9-13-21(20)31-3/h6-13,17H,4-5,14-16H2,1-3H3. The fraction of sp³-hybridized carbons (Fsp3) is 0.375. The van der Waals surface area contributed by atoms with Crippen molar-refractivity contribution in [1.29, 1.82) is 0 Å². The van der Waals surface area contributed by atoms with E-state index in [4.69, 9.17) is 9.72 Å². The molecule has 3 aromatic rings. The number of benzene rings is 2. The number of imidazole rings is 1. The predicted molar refractivity (Wildman–Crippen MR) is 120 cm³/mol. The van der Waals surface area contributed by atoms with Crippen LogP contribution in [0.25, 0.3) is 11.0 Å². The molecule has 7 heteroatoms. The number of carbonyl (C=O) groups is 2. The molecule has 0 radical (unpaired) electrons. The van der Waals surface area contributed by atoms with E-state index in [0.717, 1.165) is 22.5 Å². The summed E-state index contributed by atoms with van der Waals surface area (Å²) in [6.45, 7) is 6.02. The lowest BCUT2D eigenvalue weighted by Crippen LogP contribution is -2.34. The molecule has 0 aliphatic carbocycles. The number of hydrogen-bond acceptors (Lipinski definition) is 4. The lowest BCUT2D eigenvalue weighted by atomic mass is 10.1. The monoisotopic (exact) mass is 420 g/mol. The summed E-state index contributed by atoms with van der Waals surface area (Å²) in [5, 5.41) is 0. The van der Waals surface area contributed by atoms with Crippen LogP contribution in [-0.2, 0) is 16.1 Å². The van der Waals surface area contributed by atoms with Crippen molar-refractivity contribution in [1.82, 2.24) is 14.5 Å². The first kappa shape index (κ1) is 20.9. The Morgan fingerprint density at radius 1 is 1.13 bits per heavy atom. The van der Waals surface area contributed by atoms with E-state index in [1.165, 1.54) is 0 Å². The van der Waals surface area contributed by atoms with Gasteiger partial charge in [-0.25, -0.2) is 4.98 Å². The minimum Gasteiger partial charge on any atom is -0.495 e. The molecule has 2 aromatic carbocycles. The van der Waals surface area contributed by atoms with Gasteiger partial charge in [-0.15, -0.1) is 0 Å². The fourth-order valence-electron chi connectivity index (χ4n) is 4.35. The van der Waals surface area contributed by atoms with Crippen LogP contribution in [0.2, 0.25) is 0 Å². The lowest BCUT2D eigenvalue weighted by molar-refractivity contribution is -0.131. The Bertz CT molecular complexity index is 1100. The number of para-hydroxylation sites is 4. The second-order valence-corrected chi connectivity index (χ2v) is 7.69. The Balaban J connectivity index is 1.70. The molecule has 7 nitrogen and oxygen atoms in total. The zero-order valence-electron chi connectivity index (χ0n) is 18.2. The smallest absolute Gasteiger partial charge is 0.242 e. The van der Waals surface area contributed by atoms with Gasteiger partial charge in [-0.3, -0.25) is 9.59 Å². The number of likely N-dealkylation sites (N-methyl/N-ethyl adjacent to an activating group) is 1. The van der Waals surface area contributed by atoms with E-state index >= 15 is 0 Å². The molecule has 1 aromatic heterocycles. The number of rotatable bonds is 7. The quantitative estimate of drug-likeness (QED) is 0.587. The molecule has 31 heavy (non-hydrogen) atoms. The molecule has 0 saturated carbocycles. The van der Waals surface area contributed by atoms with Crippen LogP contribution < -0.4 is 9.64 Å². The molecular formula is C24H28N4O3. The van der Waals surface area contributed by atoms with Gasteiger partial charge in [0.25, 0.3) is 0 Å². The van der Waals surface area contributed by atoms with Crippen molar-refractivity contribution >= 4 is 28.5 Å². The first-order valence-electron chi connectivity index (χ1n) is 10.7. The van der Waals surface area contributed by atoms with Gasteiger partial charge in [-0.2, -0.15) is 0 Å². The average Bonchev–Trinajstić information content (AvgIpc) is 3.35. The summed E-state index contributed by atoms with van der Waals surface area (Å²) >= 11 is 0. The highest BCUT2D eigenvalue weighted by atomic mass is 16.5. The van der Waals surface area contributed by atoms with E-state index in [1.807, 2.05) is 71.8 Å². The van der Waals surface area contributed by atoms with Crippen molar-refractivity contribution in [2.45, 2.75) is 32.7 Å². The summed E-state index contributed by atoms with van der Waals surface area (Å²) in [7, 11) is 1.61. The number of nitrogens with zero attached hydrogens (tertiary/aromatic N) is 4. The van der Waals surface area contributed by atoms with Gasteiger partial charge in [0.05, 0.1) is 23.8 Å². The molecule has 0 bridgehead atoms. The second-order valence-electron chi connectivity index (χ2n) is 7.69. The van der Waals surface area contributed by atoms with Crippen LogP contribution in [0.3, 0.4) is 0 Å². The molecule has 1 aliphatic rings. The molecule has 1 unspecified atom stereocenters. The molecule has 162 valence electrons. The van der Waals surface area contributed by atoms with Crippen molar-refractivity contribution in [3.63, 3.8) is 0 Å². The van der Waals surface area contributed by atoms with Gasteiger partial charge in [0.1, 0.15) is 18.1 Å². The maximum atomic E-state index is 12.9. The number of carbonyl (C=O) groups excluding carboxylic acids is 2. The molecule has 1 fully saturated rings. The van der Waals surface area contributed by atoms with Crippen molar-refractivity contribution in [2.24, 2.45) is 0 Å². The molecule has 1 atom stereocenters. The van der Waals surface area contributed by atoms with Crippen LogP contribution in [-0.4, -0.2) is 53.0 Å². The minimum atomic E-state index is -0.102. The van der Waals surface area contributed by atoms with Gasteiger partial charge in [-0.05, 0) is 38.1 Å². The van der Waals surface area contributed by atoms with Crippen LogP contribution in [0, 0.1) is 0 Å². The first-order valence-corrected chi connectivity index (χ1v) is 10.7. The first-order chi connectivity index (χ1) is 15.1. The van der Waals surface area contributed by atoms with E-state index in [1.54, 1.807) is 12.0 Å². The molecular weight excluding hydrogens is 392 g/mol. The van der Waals surface area contributed by atoms with Crippen molar-refractivity contribution < 1.29 is 14.3 Å². The summed E-state index contributed by atoms with van der Waals surface area (Å²) in [6, 6.07) is 15.4. The van der Waals surface area contributed by atoms with E-state index in [-0.39, 0.29) is 24.3 Å². The highest BCUT2D eigenvalue weighted by Crippen LogP contribution is 2.37. The number of aromatic nitrogens is 2. The molecule has 2 heterocycles. The van der Waals surface area contributed by atoms with Gasteiger partial charge in [0, 0.05) is 32.0 Å². The molecule has 1 aliphatic heterocycles. The maximum absolute atomic E-state index is 12.9. The highest BCUT2D eigenvalue weighted by Gasteiger charge is 2.36. The third kappa shape index (κ3) is 3.87. The van der Waals surface area contributed by atoms with E-state index in [0.29, 0.717) is 31.8 Å². The minimum absolute atomic E-state index is 0.0307. The summed E-state index contributed by atoms with van der Waals surface area (Å²) in [5.41, 5.74) is 2.52. The Hall–Kier alpha value is -3.35. The Labute approximate surface area is 182 Å². The molecule has 0 N–H and O–H groups in total. The summed E-state index contributed by atoms with van der Waals surface area (Å²) < 4.78 is 7.44. The summed E-state index contributed by atoms with van der Waals surface area (Å²) in [4.78, 5) is 34.3. The Kier molecular flexibility index (Phi) is 5.93. The van der Waals surface area contributed by atoms with Gasteiger partial charge < -0.3 is 19.1 Å². The Morgan fingerprint density at radius 2 is 1.84 bits per heavy atom. The number of amides is 2. The zero-order chi connectivity index (χ0) is 22.0. The zero-order valence-corrected chi connectivity index (χ0v) is 18.2. The summed E-state index contributed by atoms with van der Waals surface area (Å²) in [5.74, 6) is 1.44. The van der Waals surface area contributed by atoms with Crippen molar-refractivity contribution in [2.75, 3.05) is 31.6 Å². The van der Waals surface area contributed by atoms with Crippen LogP contribution in [0.15, 0.2) is 48.5 Å². The van der Waals surface area contributed by atoms with E-state index in [9.17, 15) is 9.59 Å². The van der Waals surface area contributed by atoms with E-state index < -0.39 is 0 Å². The SMILES string of the molecule is CCN(CC)C(=O)Cn1c(C2CC(=O)N(c3ccccc3OC)C2)nc2ccccc21. The van der Waals surface area contributed by atoms with Gasteiger partial charge in [-0.1, -0.05) is 24.3 Å². The van der Waals surface area contributed by atoms with Gasteiger partial charge >= 0.3 is 0 Å². The number of hydrogen-bond donors (Lipinski definition) is 0. The largest absolute Gasteiger partial charge is 0.495 e. The molecule has 4 rings (SSSR count). The van der Waals surface area contributed by atoms with Crippen molar-refractivity contribution in [3.8, 4) is 5.75 Å². The van der Waals surface area contributed by atoms with Crippen LogP contribution in [0.5, 0.6) is 5.75 Å². The van der Waals surface area contributed by atoms with Crippen LogP contribution in [0.4, 0.5) is 5.69 Å². The van der Waals surface area contributed by atoms with Crippen LogP contribution >= 0.6 is 0 Å². The predicted octanol–water partition coefficient (Wildman–Crippen LogP) is 3.43. The number of anilines is 1. The van der Waals surface area contributed by atoms with Crippen LogP contribution in [0.1, 0.15) is 32.0 Å². The summed E-state index contributed by atoms with van der Waals surface area (Å²) in [6.07, 6.45) is 0.348. The topological polar surface area (TPSA) is 67.7 Å². The second kappa shape index (κ2) is 8.79. The number of ether oxygens (including phenoxy) is 1. The molecule has 1 saturated heterocycles. The molecule has 0 spiro atoms.